The highest BCUT2D eigenvalue weighted by molar-refractivity contribution is 5.97. The summed E-state index contributed by atoms with van der Waals surface area (Å²) in [5.74, 6) is -2.28. The van der Waals surface area contributed by atoms with Crippen molar-refractivity contribution < 1.29 is 33.7 Å². The van der Waals surface area contributed by atoms with E-state index < -0.39 is 41.5 Å². The fourth-order valence-corrected chi connectivity index (χ4v) is 5.86. The minimum absolute atomic E-state index is 0.0816. The second-order valence-corrected chi connectivity index (χ2v) is 13.8. The van der Waals surface area contributed by atoms with Gasteiger partial charge in [-0.15, -0.1) is 0 Å². The summed E-state index contributed by atoms with van der Waals surface area (Å²) in [6, 6.07) is 16.4. The molecule has 0 saturated carbocycles. The van der Waals surface area contributed by atoms with Gasteiger partial charge in [0, 0.05) is 30.2 Å². The van der Waals surface area contributed by atoms with Crippen LogP contribution >= 0.6 is 0 Å². The maximum Gasteiger partial charge on any atom is 0.335 e. The molecule has 0 bridgehead atoms. The van der Waals surface area contributed by atoms with Crippen LogP contribution in [-0.2, 0) is 28.6 Å². The average molecular weight is 620 g/mol. The Kier molecular flexibility index (Phi) is 11.3. The van der Waals surface area contributed by atoms with Gasteiger partial charge in [0.15, 0.2) is 11.9 Å². The zero-order valence-corrected chi connectivity index (χ0v) is 27.6. The lowest BCUT2D eigenvalue weighted by Gasteiger charge is -2.36. The number of rotatable bonds is 6. The normalized spacial score (nSPS) is 31.1. The minimum atomic E-state index is -0.794. The summed E-state index contributed by atoms with van der Waals surface area (Å²) < 4.78 is 18.7. The van der Waals surface area contributed by atoms with E-state index in [1.807, 2.05) is 71.9 Å². The number of epoxide rings is 1. The highest BCUT2D eigenvalue weighted by Gasteiger charge is 2.48. The van der Waals surface area contributed by atoms with Gasteiger partial charge in [-0.1, -0.05) is 90.1 Å². The second kappa shape index (κ2) is 14.7. The number of carbonyl (C=O) groups is 3. The maximum absolute atomic E-state index is 13.7. The monoisotopic (exact) mass is 619 g/mol. The van der Waals surface area contributed by atoms with Crippen molar-refractivity contribution in [2.75, 3.05) is 6.54 Å². The van der Waals surface area contributed by atoms with Crippen LogP contribution in [0, 0.1) is 23.2 Å². The summed E-state index contributed by atoms with van der Waals surface area (Å²) >= 11 is 0. The fourth-order valence-electron chi connectivity index (χ4n) is 5.86. The Bertz CT molecular complexity index is 1340. The van der Waals surface area contributed by atoms with Gasteiger partial charge in [-0.2, -0.15) is 0 Å². The average Bonchev–Trinajstić information content (AvgIpc) is 3.80. The quantitative estimate of drug-likeness (QED) is 0.289. The van der Waals surface area contributed by atoms with E-state index in [1.54, 1.807) is 25.1 Å². The molecule has 1 amide bonds. The van der Waals surface area contributed by atoms with Gasteiger partial charge >= 0.3 is 5.97 Å². The van der Waals surface area contributed by atoms with Crippen molar-refractivity contribution in [3.05, 3.63) is 77.9 Å². The van der Waals surface area contributed by atoms with E-state index in [-0.39, 0.29) is 48.0 Å². The van der Waals surface area contributed by atoms with E-state index >= 15 is 0 Å². The molecule has 2 N–H and O–H groups in total. The number of ether oxygens (including phenoxy) is 3. The van der Waals surface area contributed by atoms with Gasteiger partial charge in [0.1, 0.15) is 18.0 Å². The molecule has 0 radical (unpaired) electrons. The van der Waals surface area contributed by atoms with Gasteiger partial charge in [0.2, 0.25) is 5.91 Å². The summed E-state index contributed by atoms with van der Waals surface area (Å²) in [5, 5.41) is 12.9. The van der Waals surface area contributed by atoms with Gasteiger partial charge in [-0.3, -0.25) is 9.59 Å². The molecule has 2 unspecified atom stereocenters. The van der Waals surface area contributed by atoms with Crippen molar-refractivity contribution in [1.82, 2.24) is 5.32 Å². The first-order valence-corrected chi connectivity index (χ1v) is 16.1. The third-order valence-electron chi connectivity index (χ3n) is 9.30. The number of ketones is 1. The molecule has 0 aromatic heterocycles. The van der Waals surface area contributed by atoms with Crippen LogP contribution in [0.5, 0.6) is 5.75 Å². The van der Waals surface area contributed by atoms with Crippen molar-refractivity contribution in [2.24, 2.45) is 23.2 Å². The molecule has 2 heterocycles. The Labute approximate surface area is 267 Å². The summed E-state index contributed by atoms with van der Waals surface area (Å²) in [5.41, 5.74) is 1.16. The van der Waals surface area contributed by atoms with E-state index in [9.17, 15) is 19.5 Å². The highest BCUT2D eigenvalue weighted by Crippen LogP contribution is 2.45. The minimum Gasteiger partial charge on any atom is -0.508 e. The lowest BCUT2D eigenvalue weighted by molar-refractivity contribution is -0.174. The number of phenols is 1. The van der Waals surface area contributed by atoms with Gasteiger partial charge < -0.3 is 24.6 Å². The molecule has 45 heavy (non-hydrogen) atoms. The molecule has 8 atom stereocenters. The Balaban J connectivity index is 1.66. The lowest BCUT2D eigenvalue weighted by Crippen LogP contribution is -2.46. The zero-order valence-electron chi connectivity index (χ0n) is 27.6. The van der Waals surface area contributed by atoms with Crippen LogP contribution in [0.4, 0.5) is 0 Å². The maximum atomic E-state index is 13.7. The third-order valence-corrected chi connectivity index (χ3v) is 9.30. The Morgan fingerprint density at radius 3 is 2.24 bits per heavy atom. The molecule has 0 spiro atoms. The molecule has 4 rings (SSSR count). The predicted molar refractivity (Wildman–Crippen MR) is 172 cm³/mol. The zero-order chi connectivity index (χ0) is 32.9. The van der Waals surface area contributed by atoms with Crippen LogP contribution in [-0.4, -0.2) is 53.7 Å². The van der Waals surface area contributed by atoms with Crippen LogP contribution in [0.25, 0.3) is 0 Å². The van der Waals surface area contributed by atoms with Crippen molar-refractivity contribution >= 4 is 17.7 Å². The molecule has 2 aliphatic rings. The Morgan fingerprint density at radius 2 is 1.60 bits per heavy atom. The summed E-state index contributed by atoms with van der Waals surface area (Å²) in [6.45, 7) is 13.9. The number of aromatic hydroxyl groups is 1. The van der Waals surface area contributed by atoms with E-state index in [1.165, 1.54) is 18.2 Å². The van der Waals surface area contributed by atoms with E-state index in [4.69, 9.17) is 14.2 Å². The number of esters is 1. The van der Waals surface area contributed by atoms with E-state index in [2.05, 4.69) is 5.32 Å². The van der Waals surface area contributed by atoms with E-state index in [0.29, 0.717) is 18.4 Å². The van der Waals surface area contributed by atoms with Crippen LogP contribution < -0.4 is 5.32 Å². The first-order chi connectivity index (χ1) is 21.3. The SMILES string of the molecule is CC(C)C[C@@H]1OC(C)C(C)(C)CNC(=O)[C@@H](c2ccc(O)cc2)C(C)C(=O)/C=C/C[C@@H]([C@H](C)[C@@H]2O[C@H]2c2ccccc2)OC1=O. The van der Waals surface area contributed by atoms with Crippen molar-refractivity contribution in [1.29, 1.82) is 0 Å². The molecular formula is C37H49NO7. The van der Waals surface area contributed by atoms with Crippen LogP contribution in [0.1, 0.15) is 84.5 Å². The molecule has 1 fully saturated rings. The molecule has 8 heteroatoms. The molecule has 2 aromatic rings. The molecule has 0 aliphatic carbocycles. The number of phenolic OH excluding ortho intramolecular Hbond substituents is 1. The molecule has 244 valence electrons. The highest BCUT2D eigenvalue weighted by atomic mass is 16.6. The third kappa shape index (κ3) is 8.82. The number of allylic oxidation sites excluding steroid dienone is 1. The van der Waals surface area contributed by atoms with Gasteiger partial charge in [-0.05, 0) is 48.6 Å². The molecule has 8 nitrogen and oxygen atoms in total. The number of amides is 1. The number of nitrogens with one attached hydrogen (secondary N) is 1. The van der Waals surface area contributed by atoms with Gasteiger partial charge in [-0.25, -0.2) is 4.79 Å². The molecule has 2 aromatic carbocycles. The Hall–Kier alpha value is -3.49. The topological polar surface area (TPSA) is 114 Å². The number of hydrogen-bond donors (Lipinski definition) is 2. The fraction of sp³-hybridized carbons (Fsp3) is 0.541. The molecule has 1 saturated heterocycles. The second-order valence-electron chi connectivity index (χ2n) is 13.8. The summed E-state index contributed by atoms with van der Waals surface area (Å²) in [7, 11) is 0. The number of cyclic esters (lactones) is 1. The smallest absolute Gasteiger partial charge is 0.335 e. The number of benzene rings is 2. The first-order valence-electron chi connectivity index (χ1n) is 16.1. The number of carbonyl (C=O) groups excluding carboxylic acids is 3. The first kappa shape index (κ1) is 34.4. The van der Waals surface area contributed by atoms with Crippen LogP contribution in [0.3, 0.4) is 0 Å². The van der Waals surface area contributed by atoms with Crippen LogP contribution in [0.2, 0.25) is 0 Å². The van der Waals surface area contributed by atoms with Gasteiger partial charge in [0.25, 0.3) is 0 Å². The van der Waals surface area contributed by atoms with Crippen molar-refractivity contribution in [2.45, 2.75) is 97.7 Å². The Morgan fingerprint density at radius 1 is 0.933 bits per heavy atom. The predicted octanol–water partition coefficient (Wildman–Crippen LogP) is 6.29. The summed E-state index contributed by atoms with van der Waals surface area (Å²) in [4.78, 5) is 40.9. The van der Waals surface area contributed by atoms with Crippen LogP contribution in [0.15, 0.2) is 66.7 Å². The lowest BCUT2D eigenvalue weighted by atomic mass is 9.82. The standard InChI is InChI=1S/C37H49NO7/c1-22(2)20-31-36(42)44-30(24(4)33-34(45-33)27-12-9-8-10-13-27)15-11-14-29(40)23(3)32(26-16-18-28(39)19-17-26)35(41)38-21-37(6,7)25(5)43-31/h8-14,16-19,22-25,30-34,39H,15,20-21H2,1-7H3,(H,38,41)/b14-11+/t23?,24-,25?,30-,31-,32+,33-,34-/m0/s1. The number of hydrogen-bond acceptors (Lipinski definition) is 7. The molecule has 2 aliphatic heterocycles. The molecular weight excluding hydrogens is 570 g/mol. The van der Waals surface area contributed by atoms with Gasteiger partial charge in [0.05, 0.1) is 18.1 Å². The van der Waals surface area contributed by atoms with E-state index in [0.717, 1.165) is 5.56 Å². The largest absolute Gasteiger partial charge is 0.508 e. The van der Waals surface area contributed by atoms with Crippen molar-refractivity contribution in [3.8, 4) is 5.75 Å². The summed E-state index contributed by atoms with van der Waals surface area (Å²) in [6.07, 6.45) is 2.03. The van der Waals surface area contributed by atoms with Crippen molar-refractivity contribution in [3.63, 3.8) is 0 Å².